The van der Waals surface area contributed by atoms with Crippen molar-refractivity contribution >= 4 is 0 Å². The van der Waals surface area contributed by atoms with Gasteiger partial charge >= 0.3 is 0 Å². The molecule has 0 amide bonds. The van der Waals surface area contributed by atoms with E-state index in [4.69, 9.17) is 18.9 Å². The molecule has 4 nitrogen and oxygen atoms in total. The molecule has 0 N–H and O–H groups in total. The fraction of sp³-hybridized carbons (Fsp3) is 0.760. The molecule has 0 fully saturated rings. The van der Waals surface area contributed by atoms with E-state index in [1.165, 1.54) is 32.1 Å². The SMILES string of the molecule is CCCCCCCCC(COCC)(c1ccccc1)C(OCC)(OCC)OCC. The van der Waals surface area contributed by atoms with Crippen LogP contribution in [-0.4, -0.2) is 39.0 Å². The summed E-state index contributed by atoms with van der Waals surface area (Å²) in [5.74, 6) is -1.16. The molecule has 168 valence electrons. The van der Waals surface area contributed by atoms with Gasteiger partial charge in [-0.1, -0.05) is 75.8 Å². The highest BCUT2D eigenvalue weighted by molar-refractivity contribution is 5.28. The van der Waals surface area contributed by atoms with Gasteiger partial charge in [-0.2, -0.15) is 0 Å². The molecule has 0 aromatic heterocycles. The highest BCUT2D eigenvalue weighted by atomic mass is 16.9. The van der Waals surface area contributed by atoms with Crippen LogP contribution >= 0.6 is 0 Å². The van der Waals surface area contributed by atoms with E-state index in [0.717, 1.165) is 18.4 Å². The minimum Gasteiger partial charge on any atom is -0.380 e. The molecule has 0 saturated carbocycles. The zero-order valence-electron chi connectivity index (χ0n) is 19.5. The third-order valence-electron chi connectivity index (χ3n) is 5.43. The summed E-state index contributed by atoms with van der Waals surface area (Å²) in [4.78, 5) is 0. The molecule has 0 aliphatic carbocycles. The highest BCUT2D eigenvalue weighted by Gasteiger charge is 2.56. The fourth-order valence-corrected chi connectivity index (χ4v) is 4.07. The number of hydrogen-bond acceptors (Lipinski definition) is 4. The maximum absolute atomic E-state index is 6.30. The Kier molecular flexibility index (Phi) is 13.5. The van der Waals surface area contributed by atoms with Crippen LogP contribution in [0.15, 0.2) is 30.3 Å². The summed E-state index contributed by atoms with van der Waals surface area (Å²) in [7, 11) is 0. The minimum atomic E-state index is -1.16. The van der Waals surface area contributed by atoms with E-state index in [1.807, 2.05) is 33.8 Å². The van der Waals surface area contributed by atoms with Crippen LogP contribution < -0.4 is 0 Å². The molecule has 0 heterocycles. The first-order valence-corrected chi connectivity index (χ1v) is 11.7. The van der Waals surface area contributed by atoms with E-state index in [9.17, 15) is 0 Å². The first-order valence-electron chi connectivity index (χ1n) is 11.7. The first kappa shape index (κ1) is 26.1. The smallest absolute Gasteiger partial charge is 0.295 e. The number of rotatable bonds is 18. The van der Waals surface area contributed by atoms with E-state index in [-0.39, 0.29) is 0 Å². The molecule has 1 unspecified atom stereocenters. The van der Waals surface area contributed by atoms with Crippen LogP contribution in [0.4, 0.5) is 0 Å². The Balaban J connectivity index is 3.32. The average Bonchev–Trinajstić information content (AvgIpc) is 2.74. The Morgan fingerprint density at radius 2 is 1.21 bits per heavy atom. The molecule has 1 rings (SSSR count). The van der Waals surface area contributed by atoms with Crippen molar-refractivity contribution in [1.82, 2.24) is 0 Å². The molecule has 0 aliphatic rings. The molecule has 0 spiro atoms. The van der Waals surface area contributed by atoms with Gasteiger partial charge in [-0.15, -0.1) is 0 Å². The fourth-order valence-electron chi connectivity index (χ4n) is 4.07. The van der Waals surface area contributed by atoms with Crippen molar-refractivity contribution in [2.75, 3.05) is 33.0 Å². The molecule has 29 heavy (non-hydrogen) atoms. The van der Waals surface area contributed by atoms with Gasteiger partial charge in [0.1, 0.15) is 5.41 Å². The maximum Gasteiger partial charge on any atom is 0.295 e. The molecular weight excluding hydrogens is 364 g/mol. The van der Waals surface area contributed by atoms with Crippen LogP contribution in [0.2, 0.25) is 0 Å². The lowest BCUT2D eigenvalue weighted by atomic mass is 9.74. The van der Waals surface area contributed by atoms with Crippen LogP contribution in [0.25, 0.3) is 0 Å². The van der Waals surface area contributed by atoms with Gasteiger partial charge in [-0.05, 0) is 39.7 Å². The normalized spacial score (nSPS) is 14.1. The van der Waals surface area contributed by atoms with E-state index in [1.54, 1.807) is 0 Å². The molecule has 0 bridgehead atoms. The number of unbranched alkanes of at least 4 members (excludes halogenated alkanes) is 5. The van der Waals surface area contributed by atoms with Crippen molar-refractivity contribution in [2.45, 2.75) is 91.0 Å². The Bertz CT molecular complexity index is 488. The standard InChI is InChI=1S/C25H44O4/c1-6-11-12-13-14-18-21-24(22-26-7-2,23-19-16-15-17-20-23)25(27-8-3,28-9-4)29-10-5/h15-17,19-20H,6-14,18,21-22H2,1-5H3. The van der Waals surface area contributed by atoms with Crippen molar-refractivity contribution in [1.29, 1.82) is 0 Å². The van der Waals surface area contributed by atoms with E-state index >= 15 is 0 Å². The molecule has 1 atom stereocenters. The summed E-state index contributed by atoms with van der Waals surface area (Å²) in [5.41, 5.74) is 0.620. The Hall–Kier alpha value is -0.940. The predicted molar refractivity (Wildman–Crippen MR) is 120 cm³/mol. The molecule has 1 aromatic carbocycles. The van der Waals surface area contributed by atoms with Gasteiger partial charge in [0.15, 0.2) is 0 Å². The van der Waals surface area contributed by atoms with Crippen molar-refractivity contribution in [3.8, 4) is 0 Å². The Labute approximate surface area is 179 Å². The zero-order chi connectivity index (χ0) is 21.4. The Morgan fingerprint density at radius 3 is 1.72 bits per heavy atom. The minimum absolute atomic E-state index is 0.502. The zero-order valence-corrected chi connectivity index (χ0v) is 19.5. The number of hydrogen-bond donors (Lipinski definition) is 0. The summed E-state index contributed by atoms with van der Waals surface area (Å²) in [6, 6.07) is 10.5. The van der Waals surface area contributed by atoms with Crippen molar-refractivity contribution < 1.29 is 18.9 Å². The summed E-state index contributed by atoms with van der Waals surface area (Å²) in [6.07, 6.45) is 8.31. The molecule has 0 aliphatic heterocycles. The lowest BCUT2D eigenvalue weighted by molar-refractivity contribution is -0.415. The molecule has 4 heteroatoms. The van der Waals surface area contributed by atoms with Crippen molar-refractivity contribution in [3.63, 3.8) is 0 Å². The van der Waals surface area contributed by atoms with E-state index < -0.39 is 11.4 Å². The second-order valence-corrected chi connectivity index (χ2v) is 7.46. The van der Waals surface area contributed by atoms with Gasteiger partial charge in [-0.3, -0.25) is 0 Å². The lowest BCUT2D eigenvalue weighted by Gasteiger charge is -2.48. The maximum atomic E-state index is 6.30. The number of benzene rings is 1. The monoisotopic (exact) mass is 408 g/mol. The third kappa shape index (κ3) is 7.36. The second kappa shape index (κ2) is 15.0. The predicted octanol–water partition coefficient (Wildman–Crippen LogP) is 6.47. The van der Waals surface area contributed by atoms with Gasteiger partial charge in [0.2, 0.25) is 0 Å². The van der Waals surface area contributed by atoms with Crippen LogP contribution in [0, 0.1) is 0 Å². The highest BCUT2D eigenvalue weighted by Crippen LogP contribution is 2.45. The topological polar surface area (TPSA) is 36.9 Å². The van der Waals surface area contributed by atoms with Crippen LogP contribution in [0.3, 0.4) is 0 Å². The molecular formula is C25H44O4. The van der Waals surface area contributed by atoms with Gasteiger partial charge in [0.05, 0.1) is 6.61 Å². The average molecular weight is 409 g/mol. The molecule has 1 aromatic rings. The summed E-state index contributed by atoms with van der Waals surface area (Å²) >= 11 is 0. The summed E-state index contributed by atoms with van der Waals surface area (Å²) in [6.45, 7) is 12.9. The second-order valence-electron chi connectivity index (χ2n) is 7.46. The number of ether oxygens (including phenoxy) is 4. The lowest BCUT2D eigenvalue weighted by Crippen LogP contribution is -2.60. The summed E-state index contributed by atoms with van der Waals surface area (Å²) in [5, 5.41) is 0. The third-order valence-corrected chi connectivity index (χ3v) is 5.43. The van der Waals surface area contributed by atoms with Crippen LogP contribution in [0.1, 0.15) is 85.1 Å². The van der Waals surface area contributed by atoms with Gasteiger partial charge in [0.25, 0.3) is 5.97 Å². The van der Waals surface area contributed by atoms with Crippen LogP contribution in [-0.2, 0) is 24.4 Å². The largest absolute Gasteiger partial charge is 0.380 e. The van der Waals surface area contributed by atoms with Crippen molar-refractivity contribution in [3.05, 3.63) is 35.9 Å². The molecule has 0 radical (unpaired) electrons. The van der Waals surface area contributed by atoms with E-state index in [0.29, 0.717) is 33.0 Å². The first-order chi connectivity index (χ1) is 14.2. The molecule has 0 saturated heterocycles. The summed E-state index contributed by atoms with van der Waals surface area (Å²) < 4.78 is 24.9. The van der Waals surface area contributed by atoms with Crippen LogP contribution in [0.5, 0.6) is 0 Å². The van der Waals surface area contributed by atoms with Crippen molar-refractivity contribution in [2.24, 2.45) is 0 Å². The van der Waals surface area contributed by atoms with Gasteiger partial charge < -0.3 is 18.9 Å². The Morgan fingerprint density at radius 1 is 0.655 bits per heavy atom. The van der Waals surface area contributed by atoms with Gasteiger partial charge in [0, 0.05) is 26.4 Å². The van der Waals surface area contributed by atoms with Gasteiger partial charge in [-0.25, -0.2) is 0 Å². The quantitative estimate of drug-likeness (QED) is 0.206. The van der Waals surface area contributed by atoms with E-state index in [2.05, 4.69) is 31.2 Å².